The summed E-state index contributed by atoms with van der Waals surface area (Å²) in [6.07, 6.45) is -2.09. The van der Waals surface area contributed by atoms with Crippen LogP contribution in [0, 0.1) is 11.3 Å². The summed E-state index contributed by atoms with van der Waals surface area (Å²) in [7, 11) is -1.67. The van der Waals surface area contributed by atoms with Gasteiger partial charge in [0, 0.05) is 19.0 Å². The van der Waals surface area contributed by atoms with Crippen molar-refractivity contribution >= 4 is 21.5 Å². The Balaban J connectivity index is 1.90. The van der Waals surface area contributed by atoms with Crippen LogP contribution in [0.5, 0.6) is 5.75 Å². The van der Waals surface area contributed by atoms with E-state index in [-0.39, 0.29) is 42.3 Å². The van der Waals surface area contributed by atoms with Gasteiger partial charge in [-0.2, -0.15) is 23.0 Å². The van der Waals surface area contributed by atoms with Crippen LogP contribution in [0.15, 0.2) is 30.6 Å². The van der Waals surface area contributed by atoms with E-state index in [9.17, 15) is 22.6 Å². The summed E-state index contributed by atoms with van der Waals surface area (Å²) in [6.45, 7) is -0.285. The Labute approximate surface area is 176 Å². The van der Waals surface area contributed by atoms with E-state index in [1.165, 1.54) is 18.5 Å². The molecule has 164 valence electrons. The average Bonchev–Trinajstić information content (AvgIpc) is 3.06. The second kappa shape index (κ2) is 8.62. The number of alkyl halides is 3. The molecule has 31 heavy (non-hydrogen) atoms. The second-order valence-electron chi connectivity index (χ2n) is 6.66. The Bertz CT molecular complexity index is 1200. The molecule has 0 aliphatic carbocycles. The smallest absolute Gasteiger partial charge is 0.419 e. The second-order valence-corrected chi connectivity index (χ2v) is 8.36. The van der Waals surface area contributed by atoms with E-state index in [1.54, 1.807) is 17.7 Å². The van der Waals surface area contributed by atoms with Gasteiger partial charge >= 0.3 is 16.7 Å². The lowest BCUT2D eigenvalue weighted by atomic mass is 10.1. The van der Waals surface area contributed by atoms with E-state index in [0.717, 1.165) is 12.3 Å². The molecule has 8 nitrogen and oxygen atoms in total. The zero-order chi connectivity index (χ0) is 22.8. The number of hydrogen-bond donors (Lipinski definition) is 1. The van der Waals surface area contributed by atoms with Crippen molar-refractivity contribution in [2.45, 2.75) is 12.6 Å². The predicted molar refractivity (Wildman–Crippen MR) is 106 cm³/mol. The van der Waals surface area contributed by atoms with Crippen LogP contribution in [-0.4, -0.2) is 38.6 Å². The van der Waals surface area contributed by atoms with Gasteiger partial charge in [-0.05, 0) is 28.5 Å². The number of pyridine rings is 1. The molecule has 0 bridgehead atoms. The molecule has 0 spiro atoms. The molecule has 1 unspecified atom stereocenters. The number of nitriles is 1. The SMILES string of the molecule is Cn1cnc2c(C#N)nc(-c3ccc(OCCCO[S+](C)(=O)O)c(C(F)(F)F)c3)cc21. The van der Waals surface area contributed by atoms with Crippen molar-refractivity contribution in [3.63, 3.8) is 0 Å². The van der Waals surface area contributed by atoms with Gasteiger partial charge in [0.1, 0.15) is 23.9 Å². The van der Waals surface area contributed by atoms with E-state index >= 15 is 0 Å². The minimum Gasteiger partial charge on any atom is -0.493 e. The molecule has 0 fully saturated rings. The molecule has 2 aromatic heterocycles. The molecular weight excluding hydrogens is 437 g/mol. The first-order valence-electron chi connectivity index (χ1n) is 8.92. The van der Waals surface area contributed by atoms with Crippen molar-refractivity contribution in [3.8, 4) is 23.1 Å². The minimum atomic E-state index is -4.70. The van der Waals surface area contributed by atoms with Crippen molar-refractivity contribution < 1.29 is 30.9 Å². The lowest BCUT2D eigenvalue weighted by Crippen LogP contribution is -2.14. The number of ether oxygens (including phenoxy) is 1. The highest BCUT2D eigenvalue weighted by molar-refractivity contribution is 7.92. The molecular formula is C19H18F3N4O4S+. The molecule has 1 aromatic carbocycles. The van der Waals surface area contributed by atoms with Crippen LogP contribution in [0.25, 0.3) is 22.3 Å². The van der Waals surface area contributed by atoms with Crippen LogP contribution in [0.3, 0.4) is 0 Å². The third kappa shape index (κ3) is 5.38. The predicted octanol–water partition coefficient (Wildman–Crippen LogP) is 3.83. The van der Waals surface area contributed by atoms with Crippen LogP contribution in [0.2, 0.25) is 0 Å². The number of aromatic nitrogens is 3. The fraction of sp³-hybridized carbons (Fsp3) is 0.316. The van der Waals surface area contributed by atoms with Crippen molar-refractivity contribution in [3.05, 3.63) is 41.9 Å². The Hall–Kier alpha value is -3.01. The molecule has 2 heterocycles. The number of hydrogen-bond acceptors (Lipinski definition) is 6. The molecule has 12 heteroatoms. The summed E-state index contributed by atoms with van der Waals surface area (Å²) < 4.78 is 72.4. The molecule has 0 saturated heterocycles. The number of imidazole rings is 1. The molecule has 3 rings (SSSR count). The summed E-state index contributed by atoms with van der Waals surface area (Å²) >= 11 is 0. The number of benzene rings is 1. The zero-order valence-corrected chi connectivity index (χ0v) is 17.3. The van der Waals surface area contributed by atoms with Crippen LogP contribution >= 0.6 is 0 Å². The van der Waals surface area contributed by atoms with Gasteiger partial charge in [0.2, 0.25) is 0 Å². The number of halogens is 3. The van der Waals surface area contributed by atoms with Gasteiger partial charge in [-0.25, -0.2) is 9.97 Å². The van der Waals surface area contributed by atoms with Crippen LogP contribution in [0.4, 0.5) is 13.2 Å². The molecule has 1 atom stereocenters. The Morgan fingerprint density at radius 2 is 2.03 bits per heavy atom. The monoisotopic (exact) mass is 455 g/mol. The van der Waals surface area contributed by atoms with Crippen molar-refractivity contribution in [2.24, 2.45) is 7.05 Å². The fourth-order valence-corrected chi connectivity index (χ4v) is 3.27. The lowest BCUT2D eigenvalue weighted by molar-refractivity contribution is -0.138. The summed E-state index contributed by atoms with van der Waals surface area (Å²) in [5.41, 5.74) is 0.293. The maximum absolute atomic E-state index is 13.6. The first kappa shape index (κ1) is 22.7. The molecule has 0 amide bonds. The van der Waals surface area contributed by atoms with Gasteiger partial charge in [0.05, 0.1) is 29.7 Å². The highest BCUT2D eigenvalue weighted by Crippen LogP contribution is 2.39. The minimum absolute atomic E-state index is 0.0124. The summed E-state index contributed by atoms with van der Waals surface area (Å²) in [5.74, 6) is -0.389. The fourth-order valence-electron chi connectivity index (χ4n) is 2.84. The molecule has 0 aliphatic heterocycles. The van der Waals surface area contributed by atoms with E-state index in [0.29, 0.717) is 11.0 Å². The van der Waals surface area contributed by atoms with Crippen molar-refractivity contribution in [1.29, 1.82) is 5.26 Å². The summed E-state index contributed by atoms with van der Waals surface area (Å²) in [5, 5.41) is 9.33. The maximum atomic E-state index is 13.6. The van der Waals surface area contributed by atoms with Gasteiger partial charge in [-0.15, -0.1) is 4.18 Å². The molecule has 0 radical (unpaired) electrons. The van der Waals surface area contributed by atoms with Crippen LogP contribution < -0.4 is 4.74 Å². The normalized spacial score (nSPS) is 13.7. The topological polar surface area (TPSA) is 110 Å². The van der Waals surface area contributed by atoms with Crippen molar-refractivity contribution in [1.82, 2.24) is 14.5 Å². The summed E-state index contributed by atoms with van der Waals surface area (Å²) in [4.78, 5) is 8.25. The Kier molecular flexibility index (Phi) is 6.30. The third-order valence-electron chi connectivity index (χ3n) is 4.25. The highest BCUT2D eigenvalue weighted by atomic mass is 32.3. The lowest BCUT2D eigenvalue weighted by Gasteiger charge is -2.15. The van der Waals surface area contributed by atoms with Gasteiger partial charge in [-0.3, -0.25) is 0 Å². The Morgan fingerprint density at radius 1 is 1.29 bits per heavy atom. The number of nitrogens with zero attached hydrogens (tertiary/aromatic N) is 4. The van der Waals surface area contributed by atoms with E-state index in [4.69, 9.17) is 9.29 Å². The summed E-state index contributed by atoms with van der Waals surface area (Å²) in [6, 6.07) is 6.98. The zero-order valence-electron chi connectivity index (χ0n) is 16.5. The molecule has 3 aromatic rings. The first-order valence-corrected chi connectivity index (χ1v) is 10.8. The molecule has 0 saturated carbocycles. The van der Waals surface area contributed by atoms with E-state index in [1.807, 2.05) is 6.07 Å². The van der Waals surface area contributed by atoms with Gasteiger partial charge in [0.15, 0.2) is 11.9 Å². The van der Waals surface area contributed by atoms with Gasteiger partial charge < -0.3 is 9.30 Å². The van der Waals surface area contributed by atoms with Crippen LogP contribution in [-0.2, 0) is 32.1 Å². The highest BCUT2D eigenvalue weighted by Gasteiger charge is 2.35. The van der Waals surface area contributed by atoms with Crippen molar-refractivity contribution in [2.75, 3.05) is 19.5 Å². The average molecular weight is 455 g/mol. The largest absolute Gasteiger partial charge is 0.493 e. The van der Waals surface area contributed by atoms with E-state index < -0.39 is 22.2 Å². The Morgan fingerprint density at radius 3 is 2.68 bits per heavy atom. The van der Waals surface area contributed by atoms with Crippen LogP contribution in [0.1, 0.15) is 17.7 Å². The van der Waals surface area contributed by atoms with Gasteiger partial charge in [0.25, 0.3) is 0 Å². The van der Waals surface area contributed by atoms with E-state index in [2.05, 4.69) is 14.2 Å². The molecule has 1 N–H and O–H groups in total. The maximum Gasteiger partial charge on any atom is 0.419 e. The molecule has 0 aliphatic rings. The number of aryl methyl sites for hydroxylation is 1. The van der Waals surface area contributed by atoms with Gasteiger partial charge in [-0.1, -0.05) is 0 Å². The number of fused-ring (bicyclic) bond motifs is 1. The third-order valence-corrected chi connectivity index (χ3v) is 4.85. The standard InChI is InChI=1S/C19H17F3N4O4S/c1-26-11-24-18-15(10-23)25-14(9-16(18)26)12-4-5-17(13(8-12)19(20,21)22)29-6-3-7-30-31(2,27)28/h4-5,8-9,11H,3,6-7H2,1-2H3/p+1. The number of rotatable bonds is 7. The first-order chi connectivity index (χ1) is 14.5. The quantitative estimate of drug-likeness (QED) is 0.426.